The first-order chi connectivity index (χ1) is 6.11. The normalized spacial score (nSPS) is 12.5. The Kier molecular flexibility index (Phi) is 3.69. The number of amides is 1. The van der Waals surface area contributed by atoms with Crippen LogP contribution in [0.15, 0.2) is 11.7 Å². The predicted molar refractivity (Wildman–Crippen MR) is 54.4 cm³/mol. The highest BCUT2D eigenvalue weighted by molar-refractivity contribution is 7.11. The van der Waals surface area contributed by atoms with Gasteiger partial charge in [0.2, 0.25) is 0 Å². The SMILES string of the molecule is CC(Cl)CN(C)C(=O)c1cncs1. The molecule has 0 N–H and O–H groups in total. The molecule has 1 amide bonds. The number of hydrogen-bond acceptors (Lipinski definition) is 3. The standard InChI is InChI=1S/C8H11ClN2OS/c1-6(9)4-11(2)8(12)7-3-10-5-13-7/h3,5-6H,4H2,1-2H3. The largest absolute Gasteiger partial charge is 0.339 e. The first-order valence-electron chi connectivity index (χ1n) is 3.89. The number of alkyl halides is 1. The smallest absolute Gasteiger partial charge is 0.265 e. The molecule has 0 aromatic carbocycles. The number of carbonyl (C=O) groups excluding carboxylic acids is 1. The van der Waals surface area contributed by atoms with E-state index < -0.39 is 0 Å². The van der Waals surface area contributed by atoms with Crippen LogP contribution in [-0.2, 0) is 0 Å². The predicted octanol–water partition coefficient (Wildman–Crippen LogP) is 1.84. The van der Waals surface area contributed by atoms with E-state index in [1.54, 1.807) is 23.7 Å². The third-order valence-corrected chi connectivity index (χ3v) is 2.41. The fourth-order valence-electron chi connectivity index (χ4n) is 0.970. The first kappa shape index (κ1) is 10.5. The van der Waals surface area contributed by atoms with Gasteiger partial charge in [-0.05, 0) is 6.92 Å². The lowest BCUT2D eigenvalue weighted by Gasteiger charge is -2.16. The van der Waals surface area contributed by atoms with Gasteiger partial charge in [0.05, 0.1) is 11.7 Å². The van der Waals surface area contributed by atoms with Gasteiger partial charge < -0.3 is 4.90 Å². The fourth-order valence-corrected chi connectivity index (χ4v) is 1.79. The topological polar surface area (TPSA) is 33.2 Å². The van der Waals surface area contributed by atoms with Crippen molar-refractivity contribution < 1.29 is 4.79 Å². The van der Waals surface area contributed by atoms with Crippen molar-refractivity contribution in [3.8, 4) is 0 Å². The molecule has 0 bridgehead atoms. The summed E-state index contributed by atoms with van der Waals surface area (Å²) in [7, 11) is 1.74. The van der Waals surface area contributed by atoms with Crippen molar-refractivity contribution in [2.75, 3.05) is 13.6 Å². The minimum Gasteiger partial charge on any atom is -0.339 e. The maximum absolute atomic E-state index is 11.6. The second kappa shape index (κ2) is 4.58. The van der Waals surface area contributed by atoms with Crippen LogP contribution in [0.4, 0.5) is 0 Å². The quantitative estimate of drug-likeness (QED) is 0.726. The third kappa shape index (κ3) is 2.97. The van der Waals surface area contributed by atoms with Gasteiger partial charge in [-0.1, -0.05) is 0 Å². The van der Waals surface area contributed by atoms with Gasteiger partial charge in [-0.2, -0.15) is 0 Å². The Balaban J connectivity index is 2.58. The summed E-state index contributed by atoms with van der Waals surface area (Å²) in [5, 5.41) is -0.0260. The molecule has 72 valence electrons. The number of carbonyl (C=O) groups is 1. The highest BCUT2D eigenvalue weighted by Gasteiger charge is 2.14. The number of halogens is 1. The van der Waals surface area contributed by atoms with Crippen LogP contribution in [0.5, 0.6) is 0 Å². The number of aromatic nitrogens is 1. The fraction of sp³-hybridized carbons (Fsp3) is 0.500. The Labute approximate surface area is 86.3 Å². The van der Waals surface area contributed by atoms with Crippen molar-refractivity contribution in [2.24, 2.45) is 0 Å². The van der Waals surface area contributed by atoms with E-state index >= 15 is 0 Å². The average Bonchev–Trinajstić information content (AvgIpc) is 2.53. The Bertz CT molecular complexity index is 274. The van der Waals surface area contributed by atoms with Gasteiger partial charge in [0.1, 0.15) is 4.88 Å². The summed E-state index contributed by atoms with van der Waals surface area (Å²) in [5.74, 6) is -0.0185. The van der Waals surface area contributed by atoms with E-state index in [2.05, 4.69) is 4.98 Å². The molecule has 5 heteroatoms. The van der Waals surface area contributed by atoms with E-state index in [4.69, 9.17) is 11.6 Å². The summed E-state index contributed by atoms with van der Waals surface area (Å²) in [5.41, 5.74) is 1.64. The molecular weight excluding hydrogens is 208 g/mol. The molecule has 1 heterocycles. The number of hydrogen-bond donors (Lipinski definition) is 0. The second-order valence-electron chi connectivity index (χ2n) is 2.83. The molecule has 0 aliphatic rings. The van der Waals surface area contributed by atoms with Crippen LogP contribution in [-0.4, -0.2) is 34.8 Å². The van der Waals surface area contributed by atoms with Crippen molar-refractivity contribution in [1.82, 2.24) is 9.88 Å². The van der Waals surface area contributed by atoms with Crippen molar-refractivity contribution in [1.29, 1.82) is 0 Å². The Morgan fingerprint density at radius 2 is 2.54 bits per heavy atom. The molecule has 0 spiro atoms. The highest BCUT2D eigenvalue weighted by atomic mass is 35.5. The summed E-state index contributed by atoms with van der Waals surface area (Å²) in [4.78, 5) is 17.7. The monoisotopic (exact) mass is 218 g/mol. The Morgan fingerprint density at radius 1 is 1.85 bits per heavy atom. The van der Waals surface area contributed by atoms with Crippen LogP contribution in [0, 0.1) is 0 Å². The molecule has 13 heavy (non-hydrogen) atoms. The summed E-state index contributed by atoms with van der Waals surface area (Å²) in [6, 6.07) is 0. The van der Waals surface area contributed by atoms with E-state index in [0.717, 1.165) is 0 Å². The van der Waals surface area contributed by atoms with E-state index in [1.807, 2.05) is 6.92 Å². The molecule has 1 atom stereocenters. The van der Waals surface area contributed by atoms with Crippen LogP contribution < -0.4 is 0 Å². The zero-order valence-electron chi connectivity index (χ0n) is 7.53. The van der Waals surface area contributed by atoms with Crippen molar-refractivity contribution in [2.45, 2.75) is 12.3 Å². The van der Waals surface area contributed by atoms with Gasteiger partial charge in [-0.3, -0.25) is 9.78 Å². The van der Waals surface area contributed by atoms with Crippen LogP contribution in [0.3, 0.4) is 0 Å². The summed E-state index contributed by atoms with van der Waals surface area (Å²) in [6.07, 6.45) is 1.57. The molecule has 1 rings (SSSR count). The number of thiazole rings is 1. The van der Waals surface area contributed by atoms with E-state index in [9.17, 15) is 4.79 Å². The zero-order chi connectivity index (χ0) is 9.84. The van der Waals surface area contributed by atoms with Gasteiger partial charge in [0, 0.05) is 19.0 Å². The summed E-state index contributed by atoms with van der Waals surface area (Å²) in [6.45, 7) is 2.41. The molecule has 0 saturated carbocycles. The lowest BCUT2D eigenvalue weighted by atomic mass is 10.4. The van der Waals surface area contributed by atoms with Crippen LogP contribution in [0.2, 0.25) is 0 Å². The molecule has 0 aliphatic heterocycles. The molecule has 0 saturated heterocycles. The average molecular weight is 219 g/mol. The number of nitrogens with zero attached hydrogens (tertiary/aromatic N) is 2. The van der Waals surface area contributed by atoms with Gasteiger partial charge in [-0.15, -0.1) is 22.9 Å². The van der Waals surface area contributed by atoms with Gasteiger partial charge in [-0.25, -0.2) is 0 Å². The lowest BCUT2D eigenvalue weighted by molar-refractivity contribution is 0.0800. The van der Waals surface area contributed by atoms with Gasteiger partial charge in [0.15, 0.2) is 0 Å². The molecule has 0 fully saturated rings. The molecule has 1 unspecified atom stereocenters. The van der Waals surface area contributed by atoms with Crippen molar-refractivity contribution >= 4 is 28.8 Å². The van der Waals surface area contributed by atoms with E-state index in [0.29, 0.717) is 11.4 Å². The number of rotatable bonds is 3. The molecule has 1 aromatic rings. The lowest BCUT2D eigenvalue weighted by Crippen LogP contribution is -2.30. The van der Waals surface area contributed by atoms with Crippen LogP contribution >= 0.6 is 22.9 Å². The highest BCUT2D eigenvalue weighted by Crippen LogP contribution is 2.09. The van der Waals surface area contributed by atoms with Gasteiger partial charge >= 0.3 is 0 Å². The molecule has 1 aromatic heterocycles. The van der Waals surface area contributed by atoms with E-state index in [1.165, 1.54) is 11.3 Å². The Hall–Kier alpha value is -0.610. The zero-order valence-corrected chi connectivity index (χ0v) is 9.10. The maximum Gasteiger partial charge on any atom is 0.265 e. The molecular formula is C8H11ClN2OS. The van der Waals surface area contributed by atoms with Crippen LogP contribution in [0.25, 0.3) is 0 Å². The Morgan fingerprint density at radius 3 is 3.00 bits per heavy atom. The first-order valence-corrected chi connectivity index (χ1v) is 5.21. The van der Waals surface area contributed by atoms with Crippen LogP contribution in [0.1, 0.15) is 16.6 Å². The maximum atomic E-state index is 11.6. The van der Waals surface area contributed by atoms with Crippen molar-refractivity contribution in [3.05, 3.63) is 16.6 Å². The minimum absolute atomic E-state index is 0.0185. The molecule has 0 aliphatic carbocycles. The minimum atomic E-state index is -0.0260. The summed E-state index contributed by atoms with van der Waals surface area (Å²) >= 11 is 7.11. The molecule has 0 radical (unpaired) electrons. The second-order valence-corrected chi connectivity index (χ2v) is 4.46. The third-order valence-electron chi connectivity index (χ3n) is 1.52. The summed E-state index contributed by atoms with van der Waals surface area (Å²) < 4.78 is 0. The van der Waals surface area contributed by atoms with E-state index in [-0.39, 0.29) is 11.3 Å². The van der Waals surface area contributed by atoms with Gasteiger partial charge in [0.25, 0.3) is 5.91 Å². The van der Waals surface area contributed by atoms with Crippen molar-refractivity contribution in [3.63, 3.8) is 0 Å². The molecule has 3 nitrogen and oxygen atoms in total.